The number of non-ortho nitro benzene ring substituents is 1. The molecule has 94 valence electrons. The molecule has 1 aromatic carbocycles. The number of phenolic OH excluding ortho intramolecular Hbond substituents is 1. The minimum absolute atomic E-state index is 0.0744. The molecule has 0 aliphatic carbocycles. The summed E-state index contributed by atoms with van der Waals surface area (Å²) in [6.45, 7) is 3.84. The number of benzene rings is 1. The third-order valence-corrected chi connectivity index (χ3v) is 2.41. The van der Waals surface area contributed by atoms with Crippen LogP contribution < -0.4 is 5.73 Å². The Morgan fingerprint density at radius 3 is 2.59 bits per heavy atom. The van der Waals surface area contributed by atoms with Crippen molar-refractivity contribution in [1.29, 1.82) is 0 Å². The number of hydrogen-bond acceptors (Lipinski definition) is 4. The van der Waals surface area contributed by atoms with E-state index >= 15 is 0 Å². The van der Waals surface area contributed by atoms with Gasteiger partial charge in [0.2, 0.25) is 0 Å². The number of hydrogen-bond donors (Lipinski definition) is 2. The predicted octanol–water partition coefficient (Wildman–Crippen LogP) is 2.49. The van der Waals surface area contributed by atoms with E-state index in [1.807, 2.05) is 13.8 Å². The van der Waals surface area contributed by atoms with Gasteiger partial charge in [-0.3, -0.25) is 10.1 Å². The van der Waals surface area contributed by atoms with E-state index in [2.05, 4.69) is 0 Å². The van der Waals surface area contributed by atoms with Gasteiger partial charge in [0, 0.05) is 17.7 Å². The van der Waals surface area contributed by atoms with Crippen molar-refractivity contribution in [1.82, 2.24) is 0 Å². The van der Waals surface area contributed by atoms with Crippen molar-refractivity contribution in [2.75, 3.05) is 0 Å². The van der Waals surface area contributed by atoms with Crippen molar-refractivity contribution in [3.05, 3.63) is 33.6 Å². The van der Waals surface area contributed by atoms with E-state index in [0.29, 0.717) is 12.5 Å². The van der Waals surface area contributed by atoms with Crippen molar-refractivity contribution in [3.63, 3.8) is 0 Å². The normalized spacial score (nSPS) is 12.8. The molecule has 0 bridgehead atoms. The van der Waals surface area contributed by atoms with Crippen LogP contribution in [0.25, 0.3) is 0 Å². The summed E-state index contributed by atoms with van der Waals surface area (Å²) in [5.41, 5.74) is 5.45. The number of nitro groups is 1. The van der Waals surface area contributed by atoms with E-state index in [0.717, 1.165) is 6.07 Å². The second-order valence-corrected chi connectivity index (χ2v) is 4.36. The first kappa shape index (κ1) is 13.4. The molecule has 0 fully saturated rings. The lowest BCUT2D eigenvalue weighted by molar-refractivity contribution is -0.385. The number of rotatable bonds is 4. The monoisotopic (exact) mass is 242 g/mol. The van der Waals surface area contributed by atoms with E-state index in [1.54, 1.807) is 0 Å². The number of nitrogens with two attached hydrogens (primary N) is 1. The number of halogens is 1. The van der Waals surface area contributed by atoms with Gasteiger partial charge in [-0.25, -0.2) is 4.39 Å². The summed E-state index contributed by atoms with van der Waals surface area (Å²) in [6, 6.07) is 1.18. The molecule has 6 heteroatoms. The molecule has 5 nitrogen and oxygen atoms in total. The van der Waals surface area contributed by atoms with Gasteiger partial charge in [-0.2, -0.15) is 0 Å². The molecule has 1 aromatic rings. The quantitative estimate of drug-likeness (QED) is 0.627. The lowest BCUT2D eigenvalue weighted by atomic mass is 9.96. The Balaban J connectivity index is 3.17. The fourth-order valence-corrected chi connectivity index (χ4v) is 1.63. The Bertz CT molecular complexity index is 435. The molecule has 0 spiro atoms. The highest BCUT2D eigenvalue weighted by atomic mass is 19.1. The van der Waals surface area contributed by atoms with Gasteiger partial charge >= 0.3 is 0 Å². The molecule has 17 heavy (non-hydrogen) atoms. The molecule has 0 aromatic heterocycles. The second-order valence-electron chi connectivity index (χ2n) is 4.36. The number of phenols is 1. The van der Waals surface area contributed by atoms with Crippen molar-refractivity contribution in [2.45, 2.75) is 26.3 Å². The summed E-state index contributed by atoms with van der Waals surface area (Å²) in [7, 11) is 0. The Kier molecular flexibility index (Phi) is 4.01. The van der Waals surface area contributed by atoms with E-state index in [-0.39, 0.29) is 11.5 Å². The Hall–Kier alpha value is -1.69. The van der Waals surface area contributed by atoms with Crippen LogP contribution in [0, 0.1) is 21.8 Å². The predicted molar refractivity (Wildman–Crippen MR) is 61.1 cm³/mol. The maximum Gasteiger partial charge on any atom is 0.272 e. The molecule has 0 aliphatic rings. The minimum atomic E-state index is -1.02. The van der Waals surface area contributed by atoms with E-state index < -0.39 is 28.2 Å². The largest absolute Gasteiger partial charge is 0.505 e. The first-order chi connectivity index (χ1) is 7.82. The van der Waals surface area contributed by atoms with Crippen LogP contribution in [-0.2, 0) is 0 Å². The van der Waals surface area contributed by atoms with Crippen LogP contribution in [-0.4, -0.2) is 10.0 Å². The standard InChI is InChI=1S/C11H15FN2O3/c1-6(2)3-10(13)8-4-7(14(16)17)5-9(12)11(8)15/h4-6,10,15H,3,13H2,1-2H3/t10-/m0/s1. The van der Waals surface area contributed by atoms with Crippen LogP contribution in [0.4, 0.5) is 10.1 Å². The highest BCUT2D eigenvalue weighted by Crippen LogP contribution is 2.32. The fourth-order valence-electron chi connectivity index (χ4n) is 1.63. The van der Waals surface area contributed by atoms with Crippen molar-refractivity contribution in [2.24, 2.45) is 11.7 Å². The van der Waals surface area contributed by atoms with Crippen LogP contribution in [0.2, 0.25) is 0 Å². The molecule has 1 rings (SSSR count). The van der Waals surface area contributed by atoms with Gasteiger partial charge in [0.1, 0.15) is 0 Å². The van der Waals surface area contributed by atoms with Crippen molar-refractivity contribution in [3.8, 4) is 5.75 Å². The van der Waals surface area contributed by atoms with Gasteiger partial charge in [-0.05, 0) is 12.3 Å². The topological polar surface area (TPSA) is 89.4 Å². The first-order valence-corrected chi connectivity index (χ1v) is 5.25. The highest BCUT2D eigenvalue weighted by Gasteiger charge is 2.20. The van der Waals surface area contributed by atoms with Crippen LogP contribution in [0.1, 0.15) is 31.9 Å². The molecular formula is C11H15FN2O3. The van der Waals surface area contributed by atoms with E-state index in [9.17, 15) is 19.6 Å². The van der Waals surface area contributed by atoms with Crippen molar-refractivity contribution < 1.29 is 14.4 Å². The molecule has 0 heterocycles. The van der Waals surface area contributed by atoms with Gasteiger partial charge in [0.05, 0.1) is 11.0 Å². The van der Waals surface area contributed by atoms with Crippen LogP contribution in [0.3, 0.4) is 0 Å². The zero-order valence-corrected chi connectivity index (χ0v) is 9.68. The van der Waals surface area contributed by atoms with Crippen LogP contribution in [0.15, 0.2) is 12.1 Å². The van der Waals surface area contributed by atoms with Gasteiger partial charge in [0.25, 0.3) is 5.69 Å². The van der Waals surface area contributed by atoms with E-state index in [1.165, 1.54) is 0 Å². The minimum Gasteiger partial charge on any atom is -0.505 e. The molecule has 1 atom stereocenters. The molecular weight excluding hydrogens is 227 g/mol. The lowest BCUT2D eigenvalue weighted by Crippen LogP contribution is -2.14. The molecule has 3 N–H and O–H groups in total. The maximum absolute atomic E-state index is 13.3. The van der Waals surface area contributed by atoms with Crippen LogP contribution >= 0.6 is 0 Å². The van der Waals surface area contributed by atoms with Gasteiger partial charge in [0.15, 0.2) is 11.6 Å². The fraction of sp³-hybridized carbons (Fsp3) is 0.455. The molecule has 0 radical (unpaired) electrons. The lowest BCUT2D eigenvalue weighted by Gasteiger charge is -2.15. The molecule has 0 saturated heterocycles. The van der Waals surface area contributed by atoms with Gasteiger partial charge in [-0.15, -0.1) is 0 Å². The average molecular weight is 242 g/mol. The summed E-state index contributed by atoms with van der Waals surface area (Å²) in [6.07, 6.45) is 0.508. The Morgan fingerprint density at radius 2 is 2.12 bits per heavy atom. The number of aromatic hydroxyl groups is 1. The summed E-state index contributed by atoms with van der Waals surface area (Å²) in [5.74, 6) is -1.39. The highest BCUT2D eigenvalue weighted by molar-refractivity contribution is 5.45. The number of nitro benzene ring substituents is 1. The van der Waals surface area contributed by atoms with Gasteiger partial charge in [-0.1, -0.05) is 13.8 Å². The zero-order chi connectivity index (χ0) is 13.2. The Labute approximate surface area is 98.2 Å². The maximum atomic E-state index is 13.3. The number of nitrogens with zero attached hydrogens (tertiary/aromatic N) is 1. The van der Waals surface area contributed by atoms with Crippen LogP contribution in [0.5, 0.6) is 5.75 Å². The molecule has 0 saturated carbocycles. The average Bonchev–Trinajstić information content (AvgIpc) is 2.20. The second kappa shape index (κ2) is 5.09. The zero-order valence-electron chi connectivity index (χ0n) is 9.68. The summed E-state index contributed by atoms with van der Waals surface area (Å²) < 4.78 is 13.3. The van der Waals surface area contributed by atoms with Crippen molar-refractivity contribution >= 4 is 5.69 Å². The first-order valence-electron chi connectivity index (χ1n) is 5.25. The SMILES string of the molecule is CC(C)C[C@H](N)c1cc([N+](=O)[O-])cc(F)c1O. The third kappa shape index (κ3) is 3.13. The Morgan fingerprint density at radius 1 is 1.53 bits per heavy atom. The smallest absolute Gasteiger partial charge is 0.272 e. The molecule has 0 amide bonds. The van der Waals surface area contributed by atoms with Gasteiger partial charge < -0.3 is 10.8 Å². The summed E-state index contributed by atoms with van der Waals surface area (Å²) in [5, 5.41) is 20.1. The third-order valence-electron chi connectivity index (χ3n) is 2.41. The molecule has 0 unspecified atom stereocenters. The van der Waals surface area contributed by atoms with E-state index in [4.69, 9.17) is 5.73 Å². The molecule has 0 aliphatic heterocycles. The summed E-state index contributed by atoms with van der Waals surface area (Å²) >= 11 is 0. The summed E-state index contributed by atoms with van der Waals surface area (Å²) in [4.78, 5) is 9.86.